The molecule has 0 saturated heterocycles. The molecule has 2 rings (SSSR count). The van der Waals surface area contributed by atoms with Crippen molar-refractivity contribution in [3.8, 4) is 0 Å². The van der Waals surface area contributed by atoms with E-state index in [4.69, 9.17) is 0 Å². The molecule has 0 fully saturated rings. The first-order chi connectivity index (χ1) is 8.91. The van der Waals surface area contributed by atoms with Gasteiger partial charge in [-0.25, -0.2) is 0 Å². The smallest absolute Gasteiger partial charge is 0.545 e. The van der Waals surface area contributed by atoms with Gasteiger partial charge in [-0.05, 0) is 22.9 Å². The third-order valence-electron chi connectivity index (χ3n) is 2.68. The maximum atomic E-state index is 10.9. The van der Waals surface area contributed by atoms with Crippen molar-refractivity contribution in [3.63, 3.8) is 0 Å². The molecule has 0 aliphatic heterocycles. The van der Waals surface area contributed by atoms with Gasteiger partial charge in [0.05, 0.1) is 17.9 Å². The van der Waals surface area contributed by atoms with Gasteiger partial charge in [-0.15, -0.1) is 0 Å². The molecule has 0 saturated carbocycles. The molecule has 0 N–H and O–H groups in total. The fourth-order valence-corrected chi connectivity index (χ4v) is 1.84. The van der Waals surface area contributed by atoms with Crippen LogP contribution in [0.4, 0.5) is 0 Å². The standard InChI is InChI=1S/C13H8O6.3K/c14-11(15)7-3-1-2-6-4-9(12(16)17)10(13(18)19)5-8(6)7;;;/h1-5H,(H,14,15)(H,16,17)(H,18,19);;;/q;3*+1/p-3. The van der Waals surface area contributed by atoms with Gasteiger partial charge in [-0.2, -0.15) is 0 Å². The number of carbonyl (C=O) groups is 3. The third kappa shape index (κ3) is 6.07. The quantitative estimate of drug-likeness (QED) is 0.492. The number of hydrogen-bond donors (Lipinski definition) is 0. The van der Waals surface area contributed by atoms with Gasteiger partial charge in [0.1, 0.15) is 0 Å². The van der Waals surface area contributed by atoms with Gasteiger partial charge in [0.15, 0.2) is 0 Å². The van der Waals surface area contributed by atoms with Crippen LogP contribution in [0.2, 0.25) is 0 Å². The first-order valence-electron chi connectivity index (χ1n) is 5.12. The SMILES string of the molecule is O=C([O-])c1cc2cccc(C(=O)[O-])c2cc1C(=O)[O-].[K+].[K+].[K+]. The second-order valence-corrected chi connectivity index (χ2v) is 3.79. The molecule has 0 bridgehead atoms. The number of carboxylic acid groups (broad SMARTS) is 3. The molecule has 0 aromatic heterocycles. The van der Waals surface area contributed by atoms with Crippen molar-refractivity contribution < 1.29 is 184 Å². The molecule has 0 amide bonds. The van der Waals surface area contributed by atoms with Gasteiger partial charge < -0.3 is 29.7 Å². The number of fused-ring (bicyclic) bond motifs is 1. The minimum atomic E-state index is -1.73. The van der Waals surface area contributed by atoms with E-state index in [1.54, 1.807) is 0 Å². The van der Waals surface area contributed by atoms with Crippen molar-refractivity contribution in [2.45, 2.75) is 0 Å². The summed E-state index contributed by atoms with van der Waals surface area (Å²) in [6.07, 6.45) is 0. The summed E-state index contributed by atoms with van der Waals surface area (Å²) < 4.78 is 0. The minimum absolute atomic E-state index is 0. The van der Waals surface area contributed by atoms with Crippen molar-refractivity contribution in [1.82, 2.24) is 0 Å². The summed E-state index contributed by atoms with van der Waals surface area (Å²) in [6.45, 7) is 0. The molecule has 0 aliphatic carbocycles. The van der Waals surface area contributed by atoms with Gasteiger partial charge in [0, 0.05) is 16.7 Å². The molecule has 2 aromatic carbocycles. The Morgan fingerprint density at radius 3 is 1.59 bits per heavy atom. The Bertz CT molecular complexity index is 729. The van der Waals surface area contributed by atoms with Crippen LogP contribution in [0.25, 0.3) is 10.8 Å². The van der Waals surface area contributed by atoms with Crippen LogP contribution >= 0.6 is 0 Å². The van der Waals surface area contributed by atoms with E-state index in [-0.39, 0.29) is 170 Å². The predicted molar refractivity (Wildman–Crippen MR) is 56.9 cm³/mol. The predicted octanol–water partition coefficient (Wildman–Crippen LogP) is -11.1. The second kappa shape index (κ2) is 11.6. The Kier molecular flexibility index (Phi) is 13.8. The van der Waals surface area contributed by atoms with Crippen LogP contribution in [0.1, 0.15) is 31.1 Å². The Morgan fingerprint density at radius 2 is 1.14 bits per heavy atom. The first-order valence-corrected chi connectivity index (χ1v) is 5.12. The third-order valence-corrected chi connectivity index (χ3v) is 2.68. The van der Waals surface area contributed by atoms with E-state index in [2.05, 4.69) is 0 Å². The summed E-state index contributed by atoms with van der Waals surface area (Å²) in [5, 5.41) is 33.0. The second-order valence-electron chi connectivity index (χ2n) is 3.79. The largest absolute Gasteiger partial charge is 1.00 e. The van der Waals surface area contributed by atoms with Crippen molar-refractivity contribution >= 4 is 28.7 Å². The van der Waals surface area contributed by atoms with Crippen LogP contribution in [0.15, 0.2) is 30.3 Å². The van der Waals surface area contributed by atoms with Crippen molar-refractivity contribution in [3.05, 3.63) is 47.0 Å². The number of rotatable bonds is 3. The summed E-state index contributed by atoms with van der Waals surface area (Å²) in [4.78, 5) is 32.7. The number of carboxylic acids is 3. The van der Waals surface area contributed by atoms with Gasteiger partial charge in [0.2, 0.25) is 0 Å². The van der Waals surface area contributed by atoms with E-state index < -0.39 is 29.0 Å². The maximum Gasteiger partial charge on any atom is 1.00 e. The fraction of sp³-hybridized carbons (Fsp3) is 0. The van der Waals surface area contributed by atoms with Gasteiger partial charge in [-0.1, -0.05) is 18.2 Å². The molecule has 6 nitrogen and oxygen atoms in total. The van der Waals surface area contributed by atoms with Crippen LogP contribution in [-0.2, 0) is 0 Å². The van der Waals surface area contributed by atoms with Gasteiger partial charge >= 0.3 is 154 Å². The van der Waals surface area contributed by atoms with E-state index in [1.165, 1.54) is 18.2 Å². The van der Waals surface area contributed by atoms with Gasteiger partial charge in [0.25, 0.3) is 0 Å². The molecular weight excluding hydrogens is 369 g/mol. The summed E-state index contributed by atoms with van der Waals surface area (Å²) in [5.41, 5.74) is -1.44. The van der Waals surface area contributed by atoms with Crippen LogP contribution < -0.4 is 169 Å². The summed E-state index contributed by atoms with van der Waals surface area (Å²) in [7, 11) is 0. The molecule has 0 aliphatic rings. The molecule has 22 heavy (non-hydrogen) atoms. The zero-order valence-electron chi connectivity index (χ0n) is 12.3. The van der Waals surface area contributed by atoms with Crippen LogP contribution in [0.3, 0.4) is 0 Å². The molecule has 0 spiro atoms. The number of hydrogen-bond acceptors (Lipinski definition) is 6. The van der Waals surface area contributed by atoms with Crippen LogP contribution in [0.5, 0.6) is 0 Å². The first kappa shape index (κ1) is 26.3. The molecular formula is C13H5K3O6. The average molecular weight is 374 g/mol. The molecule has 9 heteroatoms. The normalized spacial score (nSPS) is 8.91. The van der Waals surface area contributed by atoms with Crippen molar-refractivity contribution in [1.29, 1.82) is 0 Å². The zero-order valence-corrected chi connectivity index (χ0v) is 21.7. The Morgan fingerprint density at radius 1 is 0.682 bits per heavy atom. The topological polar surface area (TPSA) is 120 Å². The number of aromatic carboxylic acids is 3. The van der Waals surface area contributed by atoms with Crippen LogP contribution in [0, 0.1) is 0 Å². The monoisotopic (exact) mass is 374 g/mol. The number of carbonyl (C=O) groups excluding carboxylic acids is 3. The summed E-state index contributed by atoms with van der Waals surface area (Å²) in [6, 6.07) is 6.04. The summed E-state index contributed by atoms with van der Waals surface area (Å²) >= 11 is 0. The molecule has 0 heterocycles. The van der Waals surface area contributed by atoms with E-state index in [0.29, 0.717) is 0 Å². The van der Waals surface area contributed by atoms with E-state index >= 15 is 0 Å². The maximum absolute atomic E-state index is 10.9. The molecule has 0 unspecified atom stereocenters. The Balaban J connectivity index is 0. The fourth-order valence-electron chi connectivity index (χ4n) is 1.84. The molecule has 2 aromatic rings. The molecule has 0 atom stereocenters. The minimum Gasteiger partial charge on any atom is -0.545 e. The van der Waals surface area contributed by atoms with E-state index in [0.717, 1.165) is 12.1 Å². The van der Waals surface area contributed by atoms with Gasteiger partial charge in [-0.3, -0.25) is 0 Å². The van der Waals surface area contributed by atoms with E-state index in [1.807, 2.05) is 0 Å². The molecule has 0 radical (unpaired) electrons. The molecule has 96 valence electrons. The van der Waals surface area contributed by atoms with Crippen LogP contribution in [-0.4, -0.2) is 17.9 Å². The number of benzene rings is 2. The van der Waals surface area contributed by atoms with E-state index in [9.17, 15) is 29.7 Å². The Labute approximate surface area is 253 Å². The summed E-state index contributed by atoms with van der Waals surface area (Å²) in [5.74, 6) is -4.90. The van der Waals surface area contributed by atoms with Crippen molar-refractivity contribution in [2.24, 2.45) is 0 Å². The average Bonchev–Trinajstić information content (AvgIpc) is 2.35. The Hall–Kier alpha value is 2.02. The zero-order chi connectivity index (χ0) is 14.2. The van der Waals surface area contributed by atoms with Crippen molar-refractivity contribution in [2.75, 3.05) is 0 Å².